The molecule has 6 nitrogen and oxygen atoms in total. The molecule has 0 unspecified atom stereocenters. The first kappa shape index (κ1) is 16.6. The molecule has 122 valence electrons. The van der Waals surface area contributed by atoms with Gasteiger partial charge in [-0.15, -0.1) is 0 Å². The zero-order valence-electron chi connectivity index (χ0n) is 13.7. The average molecular weight is 314 g/mol. The maximum absolute atomic E-state index is 5.31. The third kappa shape index (κ3) is 4.88. The number of guanidine groups is 1. The summed E-state index contributed by atoms with van der Waals surface area (Å²) < 4.78 is 10.5. The maximum atomic E-state index is 5.31. The smallest absolute Gasteiger partial charge is 0.191 e. The molecule has 1 heterocycles. The van der Waals surface area contributed by atoms with Crippen molar-refractivity contribution < 1.29 is 9.47 Å². The fraction of sp³-hybridized carbons (Fsp3) is 0.294. The van der Waals surface area contributed by atoms with Crippen LogP contribution in [0.25, 0.3) is 0 Å². The number of nitrogens with zero attached hydrogens (tertiary/aromatic N) is 2. The lowest BCUT2D eigenvalue weighted by Crippen LogP contribution is -2.36. The minimum atomic E-state index is 0.618. The zero-order valence-corrected chi connectivity index (χ0v) is 13.7. The number of hydrogen-bond donors (Lipinski definition) is 2. The second-order valence-electron chi connectivity index (χ2n) is 4.79. The van der Waals surface area contributed by atoms with Crippen LogP contribution in [0.15, 0.2) is 47.6 Å². The van der Waals surface area contributed by atoms with Gasteiger partial charge in [0, 0.05) is 19.8 Å². The van der Waals surface area contributed by atoms with Gasteiger partial charge in [-0.1, -0.05) is 12.1 Å². The number of aliphatic imine (C=N–C) groups is 1. The Morgan fingerprint density at radius 1 is 1.04 bits per heavy atom. The molecule has 0 atom stereocenters. The SMILES string of the molecule is CN=C(NCc1ccc(OC)c(OC)c1)NCc1ccccn1. The molecule has 1 aromatic carbocycles. The molecule has 2 aromatic rings. The molecule has 0 aliphatic carbocycles. The second-order valence-corrected chi connectivity index (χ2v) is 4.79. The summed E-state index contributed by atoms with van der Waals surface area (Å²) in [5, 5.41) is 6.49. The van der Waals surface area contributed by atoms with Crippen molar-refractivity contribution in [3.05, 3.63) is 53.9 Å². The van der Waals surface area contributed by atoms with Crippen LogP contribution in [-0.2, 0) is 13.1 Å². The van der Waals surface area contributed by atoms with Gasteiger partial charge in [0.05, 0.1) is 26.5 Å². The largest absolute Gasteiger partial charge is 0.493 e. The molecule has 0 radical (unpaired) electrons. The molecule has 0 saturated heterocycles. The topological polar surface area (TPSA) is 67.8 Å². The van der Waals surface area contributed by atoms with Crippen molar-refractivity contribution in [3.8, 4) is 11.5 Å². The molecule has 0 aliphatic rings. The molecule has 0 amide bonds. The molecular formula is C17H22N4O2. The van der Waals surface area contributed by atoms with Crippen molar-refractivity contribution in [1.82, 2.24) is 15.6 Å². The van der Waals surface area contributed by atoms with E-state index in [1.54, 1.807) is 27.5 Å². The number of pyridine rings is 1. The van der Waals surface area contributed by atoms with Gasteiger partial charge < -0.3 is 20.1 Å². The molecule has 0 fully saturated rings. The van der Waals surface area contributed by atoms with Gasteiger partial charge in [-0.25, -0.2) is 0 Å². The molecule has 0 spiro atoms. The predicted molar refractivity (Wildman–Crippen MR) is 90.8 cm³/mol. The lowest BCUT2D eigenvalue weighted by atomic mass is 10.2. The lowest BCUT2D eigenvalue weighted by Gasteiger charge is -2.13. The van der Waals surface area contributed by atoms with E-state index in [2.05, 4.69) is 20.6 Å². The van der Waals surface area contributed by atoms with E-state index in [9.17, 15) is 0 Å². The van der Waals surface area contributed by atoms with Crippen LogP contribution in [0.2, 0.25) is 0 Å². The molecule has 6 heteroatoms. The standard InChI is InChI=1S/C17H22N4O2/c1-18-17(21-12-14-6-4-5-9-19-14)20-11-13-7-8-15(22-2)16(10-13)23-3/h4-10H,11-12H2,1-3H3,(H2,18,20,21). The highest BCUT2D eigenvalue weighted by Gasteiger charge is 2.05. The van der Waals surface area contributed by atoms with E-state index in [1.807, 2.05) is 36.4 Å². The van der Waals surface area contributed by atoms with Gasteiger partial charge in [-0.05, 0) is 29.8 Å². The second kappa shape index (κ2) is 8.63. The zero-order chi connectivity index (χ0) is 16.5. The Morgan fingerprint density at radius 2 is 1.83 bits per heavy atom. The van der Waals surface area contributed by atoms with Gasteiger partial charge in [0.1, 0.15) is 0 Å². The van der Waals surface area contributed by atoms with Gasteiger partial charge in [0.25, 0.3) is 0 Å². The first-order valence-corrected chi connectivity index (χ1v) is 7.32. The van der Waals surface area contributed by atoms with E-state index < -0.39 is 0 Å². The van der Waals surface area contributed by atoms with Crippen molar-refractivity contribution >= 4 is 5.96 Å². The Balaban J connectivity index is 1.90. The van der Waals surface area contributed by atoms with Crippen LogP contribution >= 0.6 is 0 Å². The monoisotopic (exact) mass is 314 g/mol. The van der Waals surface area contributed by atoms with Crippen molar-refractivity contribution in [2.45, 2.75) is 13.1 Å². The Hall–Kier alpha value is -2.76. The molecule has 0 bridgehead atoms. The van der Waals surface area contributed by atoms with Crippen LogP contribution in [0.4, 0.5) is 0 Å². The van der Waals surface area contributed by atoms with E-state index in [4.69, 9.17) is 9.47 Å². The Morgan fingerprint density at radius 3 is 2.48 bits per heavy atom. The van der Waals surface area contributed by atoms with E-state index >= 15 is 0 Å². The predicted octanol–water partition coefficient (Wildman–Crippen LogP) is 1.96. The molecular weight excluding hydrogens is 292 g/mol. The highest BCUT2D eigenvalue weighted by Crippen LogP contribution is 2.27. The number of benzene rings is 1. The van der Waals surface area contributed by atoms with E-state index in [0.29, 0.717) is 30.5 Å². The summed E-state index contributed by atoms with van der Waals surface area (Å²) in [5.41, 5.74) is 2.03. The average Bonchev–Trinajstić information content (AvgIpc) is 2.62. The fourth-order valence-electron chi connectivity index (χ4n) is 2.07. The number of rotatable bonds is 6. The highest BCUT2D eigenvalue weighted by atomic mass is 16.5. The van der Waals surface area contributed by atoms with Crippen LogP contribution in [0.1, 0.15) is 11.3 Å². The van der Waals surface area contributed by atoms with Gasteiger partial charge in [-0.2, -0.15) is 0 Å². The van der Waals surface area contributed by atoms with Gasteiger partial charge >= 0.3 is 0 Å². The third-order valence-corrected chi connectivity index (χ3v) is 3.29. The molecule has 2 N–H and O–H groups in total. The first-order valence-electron chi connectivity index (χ1n) is 7.32. The van der Waals surface area contributed by atoms with Crippen molar-refractivity contribution in [1.29, 1.82) is 0 Å². The van der Waals surface area contributed by atoms with Crippen LogP contribution in [-0.4, -0.2) is 32.2 Å². The third-order valence-electron chi connectivity index (χ3n) is 3.29. The normalized spacial score (nSPS) is 11.0. The minimum absolute atomic E-state index is 0.618. The van der Waals surface area contributed by atoms with Crippen molar-refractivity contribution in [2.24, 2.45) is 4.99 Å². The quantitative estimate of drug-likeness (QED) is 0.630. The number of nitrogens with one attached hydrogen (secondary N) is 2. The molecule has 0 saturated carbocycles. The van der Waals surface area contributed by atoms with E-state index in [-0.39, 0.29) is 0 Å². The lowest BCUT2D eigenvalue weighted by molar-refractivity contribution is 0.354. The van der Waals surface area contributed by atoms with Crippen molar-refractivity contribution in [3.63, 3.8) is 0 Å². The molecule has 23 heavy (non-hydrogen) atoms. The van der Waals surface area contributed by atoms with E-state index in [1.165, 1.54) is 0 Å². The number of aromatic nitrogens is 1. The number of methoxy groups -OCH3 is 2. The van der Waals surface area contributed by atoms with Gasteiger partial charge in [0.2, 0.25) is 0 Å². The molecule has 1 aromatic heterocycles. The fourth-order valence-corrected chi connectivity index (χ4v) is 2.07. The summed E-state index contributed by atoms with van der Waals surface area (Å²) in [6.45, 7) is 1.24. The Labute approximate surface area is 136 Å². The Bertz CT molecular complexity index is 644. The number of hydrogen-bond acceptors (Lipinski definition) is 4. The summed E-state index contributed by atoms with van der Waals surface area (Å²) in [4.78, 5) is 8.47. The van der Waals surface area contributed by atoms with Crippen molar-refractivity contribution in [2.75, 3.05) is 21.3 Å². The van der Waals surface area contributed by atoms with Gasteiger partial charge in [0.15, 0.2) is 17.5 Å². The molecule has 2 rings (SSSR count). The first-order chi connectivity index (χ1) is 11.3. The van der Waals surface area contributed by atoms with Crippen LogP contribution in [0, 0.1) is 0 Å². The van der Waals surface area contributed by atoms with Crippen LogP contribution in [0.5, 0.6) is 11.5 Å². The Kier molecular flexibility index (Phi) is 6.23. The highest BCUT2D eigenvalue weighted by molar-refractivity contribution is 5.79. The van der Waals surface area contributed by atoms with Crippen LogP contribution in [0.3, 0.4) is 0 Å². The summed E-state index contributed by atoms with van der Waals surface area (Å²) in [6, 6.07) is 11.6. The number of ether oxygens (including phenoxy) is 2. The minimum Gasteiger partial charge on any atom is -0.493 e. The maximum Gasteiger partial charge on any atom is 0.191 e. The van der Waals surface area contributed by atoms with Crippen LogP contribution < -0.4 is 20.1 Å². The van der Waals surface area contributed by atoms with E-state index in [0.717, 1.165) is 11.3 Å². The summed E-state index contributed by atoms with van der Waals surface area (Å²) in [5.74, 6) is 2.14. The summed E-state index contributed by atoms with van der Waals surface area (Å²) >= 11 is 0. The summed E-state index contributed by atoms with van der Waals surface area (Å²) in [6.07, 6.45) is 1.77. The summed E-state index contributed by atoms with van der Waals surface area (Å²) in [7, 11) is 4.99. The molecule has 0 aliphatic heterocycles. The van der Waals surface area contributed by atoms with Gasteiger partial charge in [-0.3, -0.25) is 9.98 Å².